The molecule has 1 saturated heterocycles. The number of benzene rings is 1. The molecule has 0 aromatic heterocycles. The van der Waals surface area contributed by atoms with Gasteiger partial charge >= 0.3 is 0 Å². The van der Waals surface area contributed by atoms with Crippen LogP contribution in [0.5, 0.6) is 0 Å². The van der Waals surface area contributed by atoms with Crippen molar-refractivity contribution < 1.29 is 14.2 Å². The van der Waals surface area contributed by atoms with E-state index in [4.69, 9.17) is 14.2 Å². The normalized spacial score (nSPS) is 21.2. The zero-order valence-corrected chi connectivity index (χ0v) is 11.5. The molecule has 0 saturated carbocycles. The van der Waals surface area contributed by atoms with Crippen molar-refractivity contribution in [2.45, 2.75) is 18.6 Å². The summed E-state index contributed by atoms with van der Waals surface area (Å²) < 4.78 is 16.9. The number of rotatable bonds is 7. The maximum atomic E-state index is 6.02. The lowest BCUT2D eigenvalue weighted by Crippen LogP contribution is -2.42. The van der Waals surface area contributed by atoms with Crippen molar-refractivity contribution in [2.75, 3.05) is 40.0 Å². The van der Waals surface area contributed by atoms with E-state index in [0.717, 1.165) is 32.7 Å². The SMILES string of the molecule is COCCCOC(c1ccccc1)[C@H]1CNCCO1. The van der Waals surface area contributed by atoms with Gasteiger partial charge in [0.1, 0.15) is 12.2 Å². The molecule has 0 radical (unpaired) electrons. The van der Waals surface area contributed by atoms with Crippen molar-refractivity contribution in [3.63, 3.8) is 0 Å². The third-order valence-electron chi connectivity index (χ3n) is 3.21. The highest BCUT2D eigenvalue weighted by atomic mass is 16.5. The molecule has 1 N–H and O–H groups in total. The molecule has 19 heavy (non-hydrogen) atoms. The van der Waals surface area contributed by atoms with Gasteiger partial charge in [0.2, 0.25) is 0 Å². The fourth-order valence-electron chi connectivity index (χ4n) is 2.25. The molecule has 1 aromatic rings. The zero-order chi connectivity index (χ0) is 13.3. The highest BCUT2D eigenvalue weighted by Crippen LogP contribution is 2.24. The van der Waals surface area contributed by atoms with Crippen LogP contribution in [0.4, 0.5) is 0 Å². The Morgan fingerprint density at radius 3 is 2.84 bits per heavy atom. The van der Waals surface area contributed by atoms with Crippen molar-refractivity contribution in [1.29, 1.82) is 0 Å². The number of hydrogen-bond donors (Lipinski definition) is 1. The Bertz CT molecular complexity index is 339. The summed E-state index contributed by atoms with van der Waals surface area (Å²) in [5.41, 5.74) is 1.17. The monoisotopic (exact) mass is 265 g/mol. The number of morpholine rings is 1. The summed E-state index contributed by atoms with van der Waals surface area (Å²) in [7, 11) is 1.71. The first-order chi connectivity index (χ1) is 9.42. The number of hydrogen-bond acceptors (Lipinski definition) is 4. The molecule has 1 fully saturated rings. The van der Waals surface area contributed by atoms with Gasteiger partial charge in [-0.1, -0.05) is 30.3 Å². The Hall–Kier alpha value is -0.940. The van der Waals surface area contributed by atoms with Gasteiger partial charge in [0, 0.05) is 33.4 Å². The van der Waals surface area contributed by atoms with Crippen molar-refractivity contribution in [1.82, 2.24) is 5.32 Å². The summed E-state index contributed by atoms with van der Waals surface area (Å²) in [4.78, 5) is 0. The van der Waals surface area contributed by atoms with Gasteiger partial charge in [-0.25, -0.2) is 0 Å². The molecule has 1 unspecified atom stereocenters. The summed E-state index contributed by atoms with van der Waals surface area (Å²) in [6.45, 7) is 3.92. The van der Waals surface area contributed by atoms with Crippen LogP contribution in [0.15, 0.2) is 30.3 Å². The molecule has 0 spiro atoms. The van der Waals surface area contributed by atoms with Gasteiger partial charge in [0.05, 0.1) is 6.61 Å². The zero-order valence-electron chi connectivity index (χ0n) is 11.5. The van der Waals surface area contributed by atoms with Gasteiger partial charge in [-0.15, -0.1) is 0 Å². The highest BCUT2D eigenvalue weighted by Gasteiger charge is 2.26. The van der Waals surface area contributed by atoms with Crippen molar-refractivity contribution in [3.05, 3.63) is 35.9 Å². The van der Waals surface area contributed by atoms with Crippen LogP contribution in [0.1, 0.15) is 18.1 Å². The molecule has 0 aliphatic carbocycles. The molecule has 1 heterocycles. The van der Waals surface area contributed by atoms with Crippen molar-refractivity contribution in [2.24, 2.45) is 0 Å². The highest BCUT2D eigenvalue weighted by molar-refractivity contribution is 5.19. The van der Waals surface area contributed by atoms with Crippen LogP contribution in [-0.2, 0) is 14.2 Å². The predicted octanol–water partition coefficient (Wildman–Crippen LogP) is 1.77. The predicted molar refractivity (Wildman–Crippen MR) is 74.2 cm³/mol. The summed E-state index contributed by atoms with van der Waals surface area (Å²) in [5.74, 6) is 0. The average molecular weight is 265 g/mol. The second-order valence-electron chi connectivity index (χ2n) is 4.66. The molecule has 2 rings (SSSR count). The molecule has 1 aliphatic heterocycles. The minimum absolute atomic E-state index is 0.00847. The van der Waals surface area contributed by atoms with E-state index in [0.29, 0.717) is 6.61 Å². The first-order valence-electron chi connectivity index (χ1n) is 6.89. The van der Waals surface area contributed by atoms with Gasteiger partial charge in [-0.2, -0.15) is 0 Å². The molecular formula is C15H23NO3. The Morgan fingerprint density at radius 1 is 1.32 bits per heavy atom. The van der Waals surface area contributed by atoms with Crippen LogP contribution < -0.4 is 5.32 Å². The van der Waals surface area contributed by atoms with Gasteiger partial charge in [0.15, 0.2) is 0 Å². The second kappa shape index (κ2) is 8.27. The van der Waals surface area contributed by atoms with Crippen LogP contribution >= 0.6 is 0 Å². The van der Waals surface area contributed by atoms with Crippen molar-refractivity contribution in [3.8, 4) is 0 Å². The van der Waals surface area contributed by atoms with Crippen LogP contribution in [-0.4, -0.2) is 46.1 Å². The Labute approximate surface area is 115 Å². The molecule has 2 atom stereocenters. The minimum Gasteiger partial charge on any atom is -0.385 e. The molecule has 0 bridgehead atoms. The smallest absolute Gasteiger partial charge is 0.110 e. The van der Waals surface area contributed by atoms with E-state index >= 15 is 0 Å². The number of nitrogens with one attached hydrogen (secondary N) is 1. The molecule has 0 amide bonds. The standard InChI is InChI=1S/C15H23NO3/c1-17-9-5-10-19-15(13-6-3-2-4-7-13)14-12-16-8-11-18-14/h2-4,6-7,14-16H,5,8-12H2,1H3/t14-,15?/m1/s1. The van der Waals surface area contributed by atoms with Gasteiger partial charge < -0.3 is 19.5 Å². The lowest BCUT2D eigenvalue weighted by molar-refractivity contribution is -0.0885. The average Bonchev–Trinajstić information content (AvgIpc) is 2.49. The molecule has 4 heteroatoms. The van der Waals surface area contributed by atoms with Crippen LogP contribution in [0.25, 0.3) is 0 Å². The fraction of sp³-hybridized carbons (Fsp3) is 0.600. The minimum atomic E-state index is -0.00847. The maximum Gasteiger partial charge on any atom is 0.110 e. The number of methoxy groups -OCH3 is 1. The fourth-order valence-corrected chi connectivity index (χ4v) is 2.25. The van der Waals surface area contributed by atoms with E-state index in [1.165, 1.54) is 5.56 Å². The Kier molecular flexibility index (Phi) is 6.30. The summed E-state index contributed by atoms with van der Waals surface area (Å²) in [5, 5.41) is 3.36. The maximum absolute atomic E-state index is 6.02. The summed E-state index contributed by atoms with van der Waals surface area (Å²) in [6.07, 6.45) is 0.976. The second-order valence-corrected chi connectivity index (χ2v) is 4.66. The van der Waals surface area contributed by atoms with E-state index in [2.05, 4.69) is 17.4 Å². The summed E-state index contributed by atoms with van der Waals surface area (Å²) >= 11 is 0. The molecule has 1 aromatic carbocycles. The van der Waals surface area contributed by atoms with E-state index in [1.807, 2.05) is 18.2 Å². The van der Waals surface area contributed by atoms with Crippen LogP contribution in [0, 0.1) is 0 Å². The molecule has 4 nitrogen and oxygen atoms in total. The van der Waals surface area contributed by atoms with Crippen molar-refractivity contribution >= 4 is 0 Å². The van der Waals surface area contributed by atoms with Crippen LogP contribution in [0.3, 0.4) is 0 Å². The van der Waals surface area contributed by atoms with Gasteiger partial charge in [-0.05, 0) is 12.0 Å². The summed E-state index contributed by atoms with van der Waals surface area (Å²) in [6, 6.07) is 10.3. The Morgan fingerprint density at radius 2 is 2.16 bits per heavy atom. The van der Waals surface area contributed by atoms with E-state index < -0.39 is 0 Å². The molecule has 1 aliphatic rings. The third kappa shape index (κ3) is 4.58. The lowest BCUT2D eigenvalue weighted by atomic mass is 10.0. The number of ether oxygens (including phenoxy) is 3. The van der Waals surface area contributed by atoms with Crippen LogP contribution in [0.2, 0.25) is 0 Å². The third-order valence-corrected chi connectivity index (χ3v) is 3.21. The van der Waals surface area contributed by atoms with E-state index in [1.54, 1.807) is 7.11 Å². The van der Waals surface area contributed by atoms with E-state index in [9.17, 15) is 0 Å². The topological polar surface area (TPSA) is 39.7 Å². The quantitative estimate of drug-likeness (QED) is 0.763. The molecule has 106 valence electrons. The Balaban J connectivity index is 1.96. The lowest BCUT2D eigenvalue weighted by Gasteiger charge is -2.31. The molecular weight excluding hydrogens is 242 g/mol. The van der Waals surface area contributed by atoms with Gasteiger partial charge in [0.25, 0.3) is 0 Å². The first kappa shape index (κ1) is 14.5. The first-order valence-corrected chi connectivity index (χ1v) is 6.89. The van der Waals surface area contributed by atoms with E-state index in [-0.39, 0.29) is 12.2 Å². The largest absolute Gasteiger partial charge is 0.385 e. The van der Waals surface area contributed by atoms with Gasteiger partial charge in [-0.3, -0.25) is 0 Å².